The number of nitrogens with zero attached hydrogens (tertiary/aromatic N) is 7. The molecule has 0 atom stereocenters. The van der Waals surface area contributed by atoms with E-state index in [9.17, 15) is 19.7 Å². The van der Waals surface area contributed by atoms with Crippen molar-refractivity contribution >= 4 is 29.6 Å². The minimum atomic E-state index is -0.790. The van der Waals surface area contributed by atoms with Crippen LogP contribution in [0.4, 0.5) is 11.5 Å². The lowest BCUT2D eigenvalue weighted by molar-refractivity contribution is -0.385. The van der Waals surface area contributed by atoms with Gasteiger partial charge in [-0.25, -0.2) is 14.8 Å². The van der Waals surface area contributed by atoms with Crippen molar-refractivity contribution in [1.82, 2.24) is 30.7 Å². The quantitative estimate of drug-likeness (QED) is 0.111. The zero-order valence-electron chi connectivity index (χ0n) is 20.1. The highest BCUT2D eigenvalue weighted by Gasteiger charge is 2.23. The molecule has 38 heavy (non-hydrogen) atoms. The van der Waals surface area contributed by atoms with Crippen molar-refractivity contribution < 1.29 is 28.6 Å². The van der Waals surface area contributed by atoms with Crippen molar-refractivity contribution in [1.29, 1.82) is 0 Å². The molecule has 1 amide bonds. The summed E-state index contributed by atoms with van der Waals surface area (Å²) in [5.74, 6) is -1.27. The number of benzene rings is 2. The van der Waals surface area contributed by atoms with E-state index < -0.39 is 16.8 Å². The maximum absolute atomic E-state index is 12.7. The van der Waals surface area contributed by atoms with E-state index in [1.807, 2.05) is 0 Å². The number of nitrogens with one attached hydrogen (secondary N) is 1. The molecule has 0 spiro atoms. The van der Waals surface area contributed by atoms with Crippen LogP contribution in [-0.4, -0.2) is 55.4 Å². The molecule has 16 nitrogen and oxygen atoms in total. The molecule has 0 radical (unpaired) electrons. The van der Waals surface area contributed by atoms with Gasteiger partial charge in [0, 0.05) is 11.6 Å². The Morgan fingerprint density at radius 1 is 1.21 bits per heavy atom. The van der Waals surface area contributed by atoms with Crippen LogP contribution in [0.2, 0.25) is 0 Å². The molecular formula is C22H19N9O7. The van der Waals surface area contributed by atoms with Gasteiger partial charge >= 0.3 is 5.97 Å². The Labute approximate surface area is 213 Å². The average molecular weight is 521 g/mol. The number of hydrogen-bond donors (Lipinski definition) is 2. The highest BCUT2D eigenvalue weighted by molar-refractivity contribution is 5.95. The van der Waals surface area contributed by atoms with Gasteiger partial charge in [0.1, 0.15) is 0 Å². The number of nitro groups is 1. The van der Waals surface area contributed by atoms with E-state index in [1.165, 1.54) is 50.6 Å². The van der Waals surface area contributed by atoms with Crippen molar-refractivity contribution in [3.8, 4) is 17.3 Å². The van der Waals surface area contributed by atoms with Gasteiger partial charge in [0.05, 0.1) is 29.5 Å². The molecule has 16 heteroatoms. The van der Waals surface area contributed by atoms with Crippen molar-refractivity contribution in [2.24, 2.45) is 5.10 Å². The summed E-state index contributed by atoms with van der Waals surface area (Å²) in [7, 11) is 1.37. The number of nitrogens with two attached hydrogens (primary N) is 1. The molecule has 194 valence electrons. The summed E-state index contributed by atoms with van der Waals surface area (Å²) in [5.41, 5.74) is 8.83. The SMILES string of the molecule is COc1cc(/C=N/NC(=O)c2c(C)nnn2-c2nonc2N)ccc1OC(=O)c1cccc([N+](=O)[O-])c1C. The predicted octanol–water partition coefficient (Wildman–Crippen LogP) is 1.75. The molecule has 2 aromatic carbocycles. The van der Waals surface area contributed by atoms with E-state index in [0.29, 0.717) is 5.56 Å². The molecule has 0 saturated carbocycles. The number of aryl methyl sites for hydroxylation is 1. The van der Waals surface area contributed by atoms with Crippen LogP contribution in [0.15, 0.2) is 46.1 Å². The Morgan fingerprint density at radius 3 is 2.68 bits per heavy atom. The Bertz CT molecular complexity index is 1580. The van der Waals surface area contributed by atoms with Crippen LogP contribution in [0.1, 0.15) is 37.7 Å². The summed E-state index contributed by atoms with van der Waals surface area (Å²) in [6.45, 7) is 3.02. The number of nitro benzene ring substituents is 1. The molecule has 2 aromatic heterocycles. The number of carbonyl (C=O) groups is 2. The molecule has 2 heterocycles. The first-order valence-electron chi connectivity index (χ1n) is 10.7. The zero-order valence-corrected chi connectivity index (χ0v) is 20.1. The fourth-order valence-corrected chi connectivity index (χ4v) is 3.37. The molecule has 0 unspecified atom stereocenters. The number of aromatic nitrogens is 5. The minimum Gasteiger partial charge on any atom is -0.493 e. The number of ether oxygens (including phenoxy) is 2. The van der Waals surface area contributed by atoms with Crippen molar-refractivity contribution in [3.63, 3.8) is 0 Å². The molecule has 0 saturated heterocycles. The van der Waals surface area contributed by atoms with Crippen molar-refractivity contribution in [2.45, 2.75) is 13.8 Å². The number of anilines is 1. The molecular weight excluding hydrogens is 502 g/mol. The molecule has 3 N–H and O–H groups in total. The van der Waals surface area contributed by atoms with E-state index in [1.54, 1.807) is 13.0 Å². The first-order chi connectivity index (χ1) is 18.2. The summed E-state index contributed by atoms with van der Waals surface area (Å²) < 4.78 is 16.3. The van der Waals surface area contributed by atoms with Crippen LogP contribution in [0, 0.1) is 24.0 Å². The summed E-state index contributed by atoms with van der Waals surface area (Å²) in [4.78, 5) is 36.0. The number of hydrogen-bond acceptors (Lipinski definition) is 13. The minimum absolute atomic E-state index is 0.00472. The number of amides is 1. The van der Waals surface area contributed by atoms with Gasteiger partial charge in [0.25, 0.3) is 11.6 Å². The predicted molar refractivity (Wildman–Crippen MR) is 129 cm³/mol. The summed E-state index contributed by atoms with van der Waals surface area (Å²) in [6, 6.07) is 8.64. The van der Waals surface area contributed by atoms with Gasteiger partial charge in [-0.05, 0) is 54.0 Å². The first kappa shape index (κ1) is 25.4. The molecule has 0 aliphatic rings. The lowest BCUT2D eigenvalue weighted by Gasteiger charge is -2.11. The van der Waals surface area contributed by atoms with E-state index >= 15 is 0 Å². The third kappa shape index (κ3) is 4.99. The number of carbonyl (C=O) groups excluding carboxylic acids is 2. The molecule has 0 fully saturated rings. The summed E-state index contributed by atoms with van der Waals surface area (Å²) >= 11 is 0. The molecule has 0 aliphatic carbocycles. The standard InChI is InChI=1S/C22H19N9O7/c1-11-14(5-4-6-15(11)31(34)35)22(33)37-16-8-7-13(9-17(16)36-3)10-24-26-21(32)18-12(2)25-29-30(18)20-19(23)27-38-28-20/h4-10H,1-3H3,(H2,23,27)(H,26,32)/b24-10+. The second kappa shape index (κ2) is 10.5. The second-order valence-electron chi connectivity index (χ2n) is 7.61. The summed E-state index contributed by atoms with van der Waals surface area (Å²) in [6.07, 6.45) is 1.33. The van der Waals surface area contributed by atoms with Crippen LogP contribution >= 0.6 is 0 Å². The first-order valence-corrected chi connectivity index (χ1v) is 10.7. The highest BCUT2D eigenvalue weighted by Crippen LogP contribution is 2.30. The van der Waals surface area contributed by atoms with Crippen LogP contribution in [0.25, 0.3) is 5.82 Å². The smallest absolute Gasteiger partial charge is 0.344 e. The van der Waals surface area contributed by atoms with E-state index in [4.69, 9.17) is 15.2 Å². The monoisotopic (exact) mass is 521 g/mol. The number of hydrazone groups is 1. The van der Waals surface area contributed by atoms with E-state index in [0.717, 1.165) is 4.68 Å². The van der Waals surface area contributed by atoms with Gasteiger partial charge in [-0.2, -0.15) is 9.78 Å². The Balaban J connectivity index is 1.48. The van der Waals surface area contributed by atoms with Crippen molar-refractivity contribution in [3.05, 3.63) is 74.6 Å². The van der Waals surface area contributed by atoms with Crippen LogP contribution in [-0.2, 0) is 0 Å². The highest BCUT2D eigenvalue weighted by atomic mass is 16.6. The average Bonchev–Trinajstić information content (AvgIpc) is 3.49. The van der Waals surface area contributed by atoms with Gasteiger partial charge in [0.2, 0.25) is 11.6 Å². The van der Waals surface area contributed by atoms with E-state index in [-0.39, 0.29) is 51.3 Å². The Kier molecular flexibility index (Phi) is 7.04. The number of methoxy groups -OCH3 is 1. The summed E-state index contributed by atoms with van der Waals surface area (Å²) in [5, 5.41) is 29.8. The van der Waals surface area contributed by atoms with Gasteiger partial charge in [-0.3, -0.25) is 14.9 Å². The normalized spacial score (nSPS) is 10.9. The maximum atomic E-state index is 12.7. The van der Waals surface area contributed by atoms with E-state index in [2.05, 4.69) is 35.8 Å². The van der Waals surface area contributed by atoms with Crippen LogP contribution in [0.3, 0.4) is 0 Å². The molecule has 0 bridgehead atoms. The molecule has 0 aliphatic heterocycles. The Hall–Kier alpha value is -5.67. The lowest BCUT2D eigenvalue weighted by Crippen LogP contribution is -2.22. The van der Waals surface area contributed by atoms with Gasteiger partial charge in [0.15, 0.2) is 17.2 Å². The van der Waals surface area contributed by atoms with Crippen LogP contribution < -0.4 is 20.6 Å². The second-order valence-corrected chi connectivity index (χ2v) is 7.61. The fraction of sp³-hybridized carbons (Fsp3) is 0.136. The number of rotatable bonds is 8. The Morgan fingerprint density at radius 2 is 2.00 bits per heavy atom. The topological polar surface area (TPSA) is 216 Å². The third-order valence-electron chi connectivity index (χ3n) is 5.24. The zero-order chi connectivity index (χ0) is 27.4. The number of nitrogen functional groups attached to an aromatic ring is 1. The van der Waals surface area contributed by atoms with Gasteiger partial charge in [-0.15, -0.1) is 5.10 Å². The largest absolute Gasteiger partial charge is 0.493 e. The maximum Gasteiger partial charge on any atom is 0.344 e. The number of esters is 1. The fourth-order valence-electron chi connectivity index (χ4n) is 3.37. The van der Waals surface area contributed by atoms with Gasteiger partial charge in [-0.1, -0.05) is 11.3 Å². The lowest BCUT2D eigenvalue weighted by atomic mass is 10.1. The van der Waals surface area contributed by atoms with Gasteiger partial charge < -0.3 is 15.2 Å². The third-order valence-corrected chi connectivity index (χ3v) is 5.24. The molecule has 4 aromatic rings. The van der Waals surface area contributed by atoms with Crippen LogP contribution in [0.5, 0.6) is 11.5 Å². The van der Waals surface area contributed by atoms with Crippen molar-refractivity contribution in [2.75, 3.05) is 12.8 Å². The molecule has 4 rings (SSSR count).